The third kappa shape index (κ3) is 4.38. The summed E-state index contributed by atoms with van der Waals surface area (Å²) in [5, 5.41) is 2.54. The van der Waals surface area contributed by atoms with Crippen LogP contribution in [-0.2, 0) is 23.9 Å². The van der Waals surface area contributed by atoms with Gasteiger partial charge in [0.1, 0.15) is 11.7 Å². The number of carbonyl (C=O) groups is 4. The van der Waals surface area contributed by atoms with Gasteiger partial charge in [-0.15, -0.1) is 0 Å². The Bertz CT molecular complexity index is 625. The number of esters is 2. The van der Waals surface area contributed by atoms with Crippen molar-refractivity contribution < 1.29 is 28.7 Å². The summed E-state index contributed by atoms with van der Waals surface area (Å²) in [6.45, 7) is 2.47. The van der Waals surface area contributed by atoms with Gasteiger partial charge >= 0.3 is 11.9 Å². The number of hydrogen-bond acceptors (Lipinski definition) is 6. The Morgan fingerprint density at radius 3 is 2.09 bits per heavy atom. The topological polar surface area (TPSA) is 98.8 Å². The van der Waals surface area contributed by atoms with Gasteiger partial charge in [-0.2, -0.15) is 0 Å². The van der Waals surface area contributed by atoms with Crippen LogP contribution in [0.25, 0.3) is 0 Å². The summed E-state index contributed by atoms with van der Waals surface area (Å²) < 4.78 is 9.36. The summed E-state index contributed by atoms with van der Waals surface area (Å²) in [5.41, 5.74) is 0.462. The molecule has 124 valence electrons. The number of methoxy groups -OCH3 is 2. The largest absolute Gasteiger partial charge is 0.468 e. The molecule has 0 aliphatic heterocycles. The molecule has 7 nitrogen and oxygen atoms in total. The molecule has 2 unspecified atom stereocenters. The van der Waals surface area contributed by atoms with Gasteiger partial charge in [0.05, 0.1) is 25.8 Å². The lowest BCUT2D eigenvalue weighted by molar-refractivity contribution is -0.150. The van der Waals surface area contributed by atoms with E-state index in [0.717, 1.165) is 7.11 Å². The molecule has 0 aliphatic rings. The highest BCUT2D eigenvalue weighted by Gasteiger charge is 2.37. The van der Waals surface area contributed by atoms with Crippen molar-refractivity contribution in [3.8, 4) is 0 Å². The summed E-state index contributed by atoms with van der Waals surface area (Å²) in [4.78, 5) is 47.4. The molecule has 1 aromatic carbocycles. The number of benzene rings is 1. The standard InChI is InChI=1S/C16H19NO6/c1-9(18)13(16(21)23-4)14(17-10(2)19)11-7-5-6-8-12(11)15(20)22-3/h5-8,13-14H,1-4H3,(H,17,19). The molecule has 0 aliphatic carbocycles. The second-order valence-corrected chi connectivity index (χ2v) is 4.87. The van der Waals surface area contributed by atoms with Crippen LogP contribution in [0.4, 0.5) is 0 Å². The first kappa shape index (κ1) is 18.3. The van der Waals surface area contributed by atoms with Crippen LogP contribution in [0.15, 0.2) is 24.3 Å². The average molecular weight is 321 g/mol. The van der Waals surface area contributed by atoms with Crippen LogP contribution in [0.3, 0.4) is 0 Å². The van der Waals surface area contributed by atoms with Gasteiger partial charge in [0.2, 0.25) is 5.91 Å². The Kier molecular flexibility index (Phi) is 6.44. The molecule has 23 heavy (non-hydrogen) atoms. The van der Waals surface area contributed by atoms with Crippen molar-refractivity contribution in [3.63, 3.8) is 0 Å². The molecule has 0 fully saturated rings. The van der Waals surface area contributed by atoms with Gasteiger partial charge in [-0.3, -0.25) is 14.4 Å². The number of carbonyl (C=O) groups excluding carboxylic acids is 4. The van der Waals surface area contributed by atoms with E-state index in [1.807, 2.05) is 0 Å². The fraction of sp³-hybridized carbons (Fsp3) is 0.375. The second-order valence-electron chi connectivity index (χ2n) is 4.87. The molecule has 2 atom stereocenters. The van der Waals surface area contributed by atoms with Gasteiger partial charge in [0, 0.05) is 6.92 Å². The highest BCUT2D eigenvalue weighted by molar-refractivity contribution is 6.00. The van der Waals surface area contributed by atoms with Gasteiger partial charge in [-0.05, 0) is 18.6 Å². The number of ketones is 1. The molecule has 0 aromatic heterocycles. The van der Waals surface area contributed by atoms with E-state index in [1.165, 1.54) is 27.0 Å². The quantitative estimate of drug-likeness (QED) is 0.620. The summed E-state index contributed by atoms with van der Waals surface area (Å²) >= 11 is 0. The molecule has 0 heterocycles. The number of ether oxygens (including phenoxy) is 2. The zero-order valence-electron chi connectivity index (χ0n) is 13.4. The van der Waals surface area contributed by atoms with E-state index in [0.29, 0.717) is 5.56 Å². The maximum absolute atomic E-state index is 12.0. The van der Waals surface area contributed by atoms with E-state index in [1.54, 1.807) is 18.2 Å². The Labute approximate surface area is 134 Å². The highest BCUT2D eigenvalue weighted by atomic mass is 16.5. The molecule has 7 heteroatoms. The average Bonchev–Trinajstić information content (AvgIpc) is 2.52. The van der Waals surface area contributed by atoms with E-state index in [4.69, 9.17) is 4.74 Å². The molecule has 0 saturated carbocycles. The zero-order valence-corrected chi connectivity index (χ0v) is 13.4. The number of rotatable bonds is 6. The first-order valence-electron chi connectivity index (χ1n) is 6.86. The van der Waals surface area contributed by atoms with Crippen molar-refractivity contribution in [1.82, 2.24) is 5.32 Å². The molecular weight excluding hydrogens is 302 g/mol. The molecule has 0 radical (unpaired) electrons. The smallest absolute Gasteiger partial charge is 0.338 e. The van der Waals surface area contributed by atoms with Crippen molar-refractivity contribution in [2.24, 2.45) is 5.92 Å². The Balaban J connectivity index is 3.48. The Hall–Kier alpha value is -2.70. The number of hydrogen-bond donors (Lipinski definition) is 1. The van der Waals surface area contributed by atoms with E-state index in [2.05, 4.69) is 10.1 Å². The Morgan fingerprint density at radius 2 is 1.61 bits per heavy atom. The molecule has 1 aromatic rings. The Morgan fingerprint density at radius 1 is 1.00 bits per heavy atom. The van der Waals surface area contributed by atoms with Crippen LogP contribution in [0.5, 0.6) is 0 Å². The van der Waals surface area contributed by atoms with Crippen LogP contribution >= 0.6 is 0 Å². The van der Waals surface area contributed by atoms with Gasteiger partial charge in [-0.25, -0.2) is 4.79 Å². The van der Waals surface area contributed by atoms with Crippen LogP contribution in [-0.4, -0.2) is 37.8 Å². The second kappa shape index (κ2) is 8.07. The van der Waals surface area contributed by atoms with Gasteiger partial charge in [0.15, 0.2) is 0 Å². The third-order valence-electron chi connectivity index (χ3n) is 3.29. The van der Waals surface area contributed by atoms with Crippen LogP contribution < -0.4 is 5.32 Å². The molecule has 1 N–H and O–H groups in total. The lowest BCUT2D eigenvalue weighted by Gasteiger charge is -2.25. The molecular formula is C16H19NO6. The predicted molar refractivity (Wildman–Crippen MR) is 80.5 cm³/mol. The van der Waals surface area contributed by atoms with Crippen molar-refractivity contribution in [2.75, 3.05) is 14.2 Å². The van der Waals surface area contributed by atoms with Gasteiger partial charge < -0.3 is 14.8 Å². The number of nitrogens with one attached hydrogen (secondary N) is 1. The summed E-state index contributed by atoms with van der Waals surface area (Å²) in [7, 11) is 2.37. The van der Waals surface area contributed by atoms with E-state index < -0.39 is 35.6 Å². The minimum Gasteiger partial charge on any atom is -0.468 e. The normalized spacial score (nSPS) is 12.7. The van der Waals surface area contributed by atoms with Crippen molar-refractivity contribution in [2.45, 2.75) is 19.9 Å². The number of amides is 1. The van der Waals surface area contributed by atoms with Crippen LogP contribution in [0, 0.1) is 5.92 Å². The SMILES string of the molecule is COC(=O)c1ccccc1C(NC(C)=O)C(C(C)=O)C(=O)OC. The summed E-state index contributed by atoms with van der Waals surface area (Å²) in [5.74, 6) is -3.64. The first-order chi connectivity index (χ1) is 10.8. The summed E-state index contributed by atoms with van der Waals surface area (Å²) in [6.07, 6.45) is 0. The maximum atomic E-state index is 12.0. The minimum atomic E-state index is -1.27. The van der Waals surface area contributed by atoms with E-state index >= 15 is 0 Å². The van der Waals surface area contributed by atoms with E-state index in [9.17, 15) is 19.2 Å². The fourth-order valence-corrected chi connectivity index (χ4v) is 2.29. The van der Waals surface area contributed by atoms with E-state index in [-0.39, 0.29) is 5.56 Å². The van der Waals surface area contributed by atoms with Crippen LogP contribution in [0.2, 0.25) is 0 Å². The number of Topliss-reactive ketones (excluding diaryl/α,β-unsaturated/α-hetero) is 1. The van der Waals surface area contributed by atoms with Crippen molar-refractivity contribution in [1.29, 1.82) is 0 Å². The third-order valence-corrected chi connectivity index (χ3v) is 3.29. The predicted octanol–water partition coefficient (Wildman–Crippen LogP) is 1.03. The maximum Gasteiger partial charge on any atom is 0.338 e. The lowest BCUT2D eigenvalue weighted by Crippen LogP contribution is -2.40. The molecule has 0 bridgehead atoms. The molecule has 0 spiro atoms. The van der Waals surface area contributed by atoms with Crippen molar-refractivity contribution in [3.05, 3.63) is 35.4 Å². The van der Waals surface area contributed by atoms with Gasteiger partial charge in [-0.1, -0.05) is 18.2 Å². The first-order valence-corrected chi connectivity index (χ1v) is 6.86. The summed E-state index contributed by atoms with van der Waals surface area (Å²) in [6, 6.07) is 5.25. The molecule has 0 saturated heterocycles. The molecule has 1 amide bonds. The van der Waals surface area contributed by atoms with Crippen LogP contribution in [0.1, 0.15) is 35.8 Å². The highest BCUT2D eigenvalue weighted by Crippen LogP contribution is 2.28. The monoisotopic (exact) mass is 321 g/mol. The fourth-order valence-electron chi connectivity index (χ4n) is 2.29. The molecule has 1 rings (SSSR count). The van der Waals surface area contributed by atoms with Crippen molar-refractivity contribution >= 4 is 23.6 Å². The minimum absolute atomic E-state index is 0.156. The lowest BCUT2D eigenvalue weighted by atomic mass is 9.87. The van der Waals surface area contributed by atoms with Gasteiger partial charge in [0.25, 0.3) is 0 Å². The zero-order chi connectivity index (χ0) is 17.6.